The quantitative estimate of drug-likeness (QED) is 0.846. The van der Waals surface area contributed by atoms with Gasteiger partial charge in [-0.15, -0.1) is 12.4 Å². The molecule has 1 aliphatic rings. The van der Waals surface area contributed by atoms with Gasteiger partial charge in [-0.3, -0.25) is 0 Å². The molecule has 0 bridgehead atoms. The van der Waals surface area contributed by atoms with E-state index >= 15 is 0 Å². The van der Waals surface area contributed by atoms with E-state index in [0.717, 1.165) is 18.7 Å². The van der Waals surface area contributed by atoms with Crippen LogP contribution >= 0.6 is 12.4 Å². The van der Waals surface area contributed by atoms with Crippen LogP contribution in [-0.4, -0.2) is 26.5 Å². The van der Waals surface area contributed by atoms with Crippen molar-refractivity contribution in [1.82, 2.24) is 25.3 Å². The van der Waals surface area contributed by atoms with E-state index in [9.17, 15) is 0 Å². The molecule has 0 amide bonds. The molecular weight excluding hydrogens is 250 g/mol. The minimum Gasteiger partial charge on any atom is -0.310 e. The predicted molar refractivity (Wildman–Crippen MR) is 70.4 cm³/mol. The second-order valence-electron chi connectivity index (χ2n) is 4.09. The summed E-state index contributed by atoms with van der Waals surface area (Å²) in [6.45, 7) is 3.08. The summed E-state index contributed by atoms with van der Waals surface area (Å²) in [4.78, 5) is 17.2. The molecule has 0 fully saturated rings. The van der Waals surface area contributed by atoms with Crippen LogP contribution in [0.5, 0.6) is 0 Å². The van der Waals surface area contributed by atoms with Crippen LogP contribution in [0.15, 0.2) is 24.7 Å². The van der Waals surface area contributed by atoms with Crippen LogP contribution in [0.4, 0.5) is 0 Å². The summed E-state index contributed by atoms with van der Waals surface area (Å²) >= 11 is 0. The number of nitrogens with zero attached hydrogens (tertiary/aromatic N) is 4. The van der Waals surface area contributed by atoms with Crippen LogP contribution in [0.1, 0.15) is 24.2 Å². The summed E-state index contributed by atoms with van der Waals surface area (Å²) in [7, 11) is 0. The zero-order valence-electron chi connectivity index (χ0n) is 10.00. The zero-order chi connectivity index (χ0) is 11.7. The predicted octanol–water partition coefficient (Wildman–Crippen LogP) is 1.56. The fraction of sp³-hybridized carbons (Fsp3) is 0.333. The van der Waals surface area contributed by atoms with Crippen molar-refractivity contribution in [2.24, 2.45) is 0 Å². The van der Waals surface area contributed by atoms with Crippen molar-refractivity contribution in [1.29, 1.82) is 0 Å². The lowest BCUT2D eigenvalue weighted by atomic mass is 10.0. The van der Waals surface area contributed by atoms with Gasteiger partial charge in [0.25, 0.3) is 0 Å². The highest BCUT2D eigenvalue weighted by Crippen LogP contribution is 2.21. The molecule has 18 heavy (non-hydrogen) atoms. The topological polar surface area (TPSA) is 63.6 Å². The summed E-state index contributed by atoms with van der Waals surface area (Å²) in [6, 6.07) is 2.11. The van der Waals surface area contributed by atoms with Crippen LogP contribution in [-0.2, 0) is 6.42 Å². The fourth-order valence-corrected chi connectivity index (χ4v) is 2.03. The van der Waals surface area contributed by atoms with Crippen molar-refractivity contribution in [2.75, 3.05) is 6.54 Å². The third kappa shape index (κ3) is 2.32. The summed E-state index contributed by atoms with van der Waals surface area (Å²) < 4.78 is 0. The van der Waals surface area contributed by atoms with Crippen LogP contribution in [0.3, 0.4) is 0 Å². The maximum atomic E-state index is 4.56. The molecule has 0 spiro atoms. The van der Waals surface area contributed by atoms with E-state index in [0.29, 0.717) is 17.7 Å². The van der Waals surface area contributed by atoms with Crippen molar-refractivity contribution in [3.8, 4) is 11.6 Å². The van der Waals surface area contributed by atoms with Gasteiger partial charge in [0.05, 0.1) is 5.69 Å². The Labute approximate surface area is 112 Å². The second-order valence-corrected chi connectivity index (χ2v) is 4.09. The average Bonchev–Trinajstić information content (AvgIpc) is 2.40. The molecule has 1 N–H and O–H groups in total. The number of rotatable bonds is 1. The molecule has 1 atom stereocenters. The van der Waals surface area contributed by atoms with Gasteiger partial charge in [0.15, 0.2) is 11.6 Å². The molecule has 0 saturated heterocycles. The number of hydrogen-bond donors (Lipinski definition) is 1. The van der Waals surface area contributed by atoms with E-state index in [4.69, 9.17) is 0 Å². The van der Waals surface area contributed by atoms with Gasteiger partial charge in [-0.2, -0.15) is 0 Å². The molecule has 94 valence electrons. The van der Waals surface area contributed by atoms with Crippen LogP contribution in [0.2, 0.25) is 0 Å². The Morgan fingerprint density at radius 2 is 1.94 bits per heavy atom. The van der Waals surface area contributed by atoms with Gasteiger partial charge < -0.3 is 5.32 Å². The van der Waals surface area contributed by atoms with E-state index in [1.165, 1.54) is 5.56 Å². The number of nitrogens with one attached hydrogen (secondary N) is 1. The third-order valence-corrected chi connectivity index (χ3v) is 2.94. The minimum atomic E-state index is 0. The van der Waals surface area contributed by atoms with Gasteiger partial charge in [0.1, 0.15) is 0 Å². The van der Waals surface area contributed by atoms with Gasteiger partial charge in [0, 0.05) is 43.2 Å². The van der Waals surface area contributed by atoms with Crippen LogP contribution in [0, 0.1) is 0 Å². The Balaban J connectivity index is 0.00000120. The highest BCUT2D eigenvalue weighted by molar-refractivity contribution is 5.85. The number of halogens is 1. The average molecular weight is 264 g/mol. The standard InChI is InChI=1S/C12H13N5.ClH/c1-8-9-7-16-12(11-14-4-2-5-15-11)17-10(9)3-6-13-8;/h2,4-5,7-8,13H,3,6H2,1H3;1H. The molecule has 6 heteroatoms. The Hall–Kier alpha value is -1.59. The molecule has 0 aromatic carbocycles. The van der Waals surface area contributed by atoms with E-state index < -0.39 is 0 Å². The molecular formula is C12H14ClN5. The number of hydrogen-bond acceptors (Lipinski definition) is 5. The Morgan fingerprint density at radius 1 is 1.17 bits per heavy atom. The van der Waals surface area contributed by atoms with Crippen molar-refractivity contribution in [2.45, 2.75) is 19.4 Å². The first-order chi connectivity index (χ1) is 8.34. The molecule has 5 nitrogen and oxygen atoms in total. The van der Waals surface area contributed by atoms with E-state index in [1.54, 1.807) is 18.5 Å². The number of fused-ring (bicyclic) bond motifs is 1. The van der Waals surface area contributed by atoms with Crippen LogP contribution < -0.4 is 5.32 Å². The lowest BCUT2D eigenvalue weighted by Gasteiger charge is -2.22. The molecule has 1 aliphatic heterocycles. The summed E-state index contributed by atoms with van der Waals surface area (Å²) in [5.74, 6) is 1.19. The van der Waals surface area contributed by atoms with Crippen molar-refractivity contribution in [3.05, 3.63) is 35.9 Å². The van der Waals surface area contributed by atoms with Gasteiger partial charge in [0.2, 0.25) is 0 Å². The normalized spacial score (nSPS) is 17.7. The SMILES string of the molecule is CC1NCCc2nc(-c3ncccn3)ncc21.Cl. The zero-order valence-corrected chi connectivity index (χ0v) is 10.8. The first-order valence-corrected chi connectivity index (χ1v) is 5.71. The smallest absolute Gasteiger partial charge is 0.197 e. The third-order valence-electron chi connectivity index (χ3n) is 2.94. The maximum Gasteiger partial charge on any atom is 0.197 e. The molecule has 0 saturated carbocycles. The van der Waals surface area contributed by atoms with Crippen molar-refractivity contribution < 1.29 is 0 Å². The molecule has 2 aromatic rings. The molecule has 0 aliphatic carbocycles. The summed E-state index contributed by atoms with van der Waals surface area (Å²) in [5.41, 5.74) is 2.28. The first kappa shape index (κ1) is 12.9. The van der Waals surface area contributed by atoms with Crippen molar-refractivity contribution >= 4 is 12.4 Å². The van der Waals surface area contributed by atoms with E-state index in [1.807, 2.05) is 6.20 Å². The Bertz CT molecular complexity index is 531. The summed E-state index contributed by atoms with van der Waals surface area (Å²) in [5, 5.41) is 3.39. The molecule has 2 aromatic heterocycles. The highest BCUT2D eigenvalue weighted by Gasteiger charge is 2.18. The van der Waals surface area contributed by atoms with Gasteiger partial charge in [-0.25, -0.2) is 19.9 Å². The Morgan fingerprint density at radius 3 is 2.72 bits per heavy atom. The molecule has 3 rings (SSSR count). The van der Waals surface area contributed by atoms with Gasteiger partial charge in [-0.05, 0) is 13.0 Å². The fourth-order valence-electron chi connectivity index (χ4n) is 2.03. The first-order valence-electron chi connectivity index (χ1n) is 5.71. The Kier molecular flexibility index (Phi) is 3.84. The number of aromatic nitrogens is 4. The lowest BCUT2D eigenvalue weighted by molar-refractivity contribution is 0.529. The highest BCUT2D eigenvalue weighted by atomic mass is 35.5. The van der Waals surface area contributed by atoms with Gasteiger partial charge >= 0.3 is 0 Å². The van der Waals surface area contributed by atoms with Crippen molar-refractivity contribution in [3.63, 3.8) is 0 Å². The van der Waals surface area contributed by atoms with E-state index in [2.05, 4.69) is 32.2 Å². The maximum absolute atomic E-state index is 4.56. The molecule has 0 radical (unpaired) electrons. The van der Waals surface area contributed by atoms with E-state index in [-0.39, 0.29) is 12.4 Å². The summed E-state index contributed by atoms with van der Waals surface area (Å²) in [6.07, 6.45) is 6.22. The molecule has 1 unspecified atom stereocenters. The largest absolute Gasteiger partial charge is 0.310 e. The van der Waals surface area contributed by atoms with Gasteiger partial charge in [-0.1, -0.05) is 0 Å². The monoisotopic (exact) mass is 263 g/mol. The van der Waals surface area contributed by atoms with Crippen LogP contribution in [0.25, 0.3) is 11.6 Å². The molecule has 3 heterocycles. The lowest BCUT2D eigenvalue weighted by Crippen LogP contribution is -2.29. The minimum absolute atomic E-state index is 0. The second kappa shape index (κ2) is 5.37.